The van der Waals surface area contributed by atoms with Crippen molar-refractivity contribution in [2.75, 3.05) is 0 Å². The maximum absolute atomic E-state index is 5.73. The van der Waals surface area contributed by atoms with E-state index in [2.05, 4.69) is 27.7 Å². The first kappa shape index (κ1) is 11.4. The van der Waals surface area contributed by atoms with Crippen LogP contribution in [0.25, 0.3) is 0 Å². The second-order valence-corrected chi connectivity index (χ2v) is 7.58. The quantitative estimate of drug-likeness (QED) is 0.453. The van der Waals surface area contributed by atoms with E-state index in [0.29, 0.717) is 0 Å². The molecule has 0 aromatic heterocycles. The first-order chi connectivity index (χ1) is 5.13. The third-order valence-electron chi connectivity index (χ3n) is 1.68. The summed E-state index contributed by atoms with van der Waals surface area (Å²) < 4.78 is 5.73. The second-order valence-electron chi connectivity index (χ2n) is 3.98. The zero-order valence-corrected chi connectivity index (χ0v) is 11.2. The minimum atomic E-state index is -0.117. The molecule has 0 spiro atoms. The topological polar surface area (TPSA) is 9.23 Å². The van der Waals surface area contributed by atoms with Crippen LogP contribution < -0.4 is 0 Å². The summed E-state index contributed by atoms with van der Waals surface area (Å²) in [7, 11) is -0.235. The fourth-order valence-corrected chi connectivity index (χ4v) is 3.83. The Labute approximate surface area is 75.8 Å². The van der Waals surface area contributed by atoms with Crippen molar-refractivity contribution in [1.29, 1.82) is 0 Å². The third-order valence-corrected chi connectivity index (χ3v) is 6.77. The molecule has 0 amide bonds. The molecule has 0 bridgehead atoms. The van der Waals surface area contributed by atoms with Gasteiger partial charge in [0, 0.05) is 0 Å². The van der Waals surface area contributed by atoms with Crippen molar-refractivity contribution in [1.82, 2.24) is 0 Å². The molecule has 0 atom stereocenters. The predicted molar refractivity (Wildman–Crippen MR) is 57.5 cm³/mol. The molecule has 0 saturated heterocycles. The van der Waals surface area contributed by atoms with E-state index in [9.17, 15) is 0 Å². The van der Waals surface area contributed by atoms with Gasteiger partial charge < -0.3 is 4.12 Å². The highest BCUT2D eigenvalue weighted by Gasteiger charge is 1.97. The molecular weight excluding hydrogens is 168 g/mol. The molecule has 0 fully saturated rings. The van der Waals surface area contributed by atoms with Gasteiger partial charge in [-0.05, 0) is 23.9 Å². The molecule has 0 aromatic carbocycles. The van der Waals surface area contributed by atoms with Crippen molar-refractivity contribution < 1.29 is 4.12 Å². The minimum Gasteiger partial charge on any atom is -0.465 e. The zero-order chi connectivity index (χ0) is 8.69. The molecule has 0 unspecified atom stereocenters. The first-order valence-electron chi connectivity index (χ1n) is 4.70. The van der Waals surface area contributed by atoms with Crippen molar-refractivity contribution >= 4 is 19.5 Å². The smallest absolute Gasteiger partial charge is 0.146 e. The number of rotatable bonds is 6. The molecule has 0 saturated carbocycles. The summed E-state index contributed by atoms with van der Waals surface area (Å²) in [6, 6.07) is 2.73. The fraction of sp³-hybridized carbons (Fsp3) is 1.00. The van der Waals surface area contributed by atoms with Gasteiger partial charge in [0.15, 0.2) is 0 Å². The van der Waals surface area contributed by atoms with Crippen LogP contribution in [0.2, 0.25) is 12.1 Å². The second kappa shape index (κ2) is 7.07. The van der Waals surface area contributed by atoms with E-state index >= 15 is 0 Å². The lowest BCUT2D eigenvalue weighted by Gasteiger charge is -2.06. The van der Waals surface area contributed by atoms with E-state index in [1.54, 1.807) is 0 Å². The van der Waals surface area contributed by atoms with Crippen LogP contribution in [0.5, 0.6) is 0 Å². The molecule has 0 radical (unpaired) electrons. The predicted octanol–water partition coefficient (Wildman–Crippen LogP) is 1.32. The fourth-order valence-electron chi connectivity index (χ4n) is 0.740. The summed E-state index contributed by atoms with van der Waals surface area (Å²) in [5.41, 5.74) is 0. The van der Waals surface area contributed by atoms with Gasteiger partial charge in [-0.25, -0.2) is 0 Å². The van der Waals surface area contributed by atoms with E-state index in [0.717, 1.165) is 11.8 Å². The average molecular weight is 190 g/mol. The average Bonchev–Trinajstić information content (AvgIpc) is 1.85. The van der Waals surface area contributed by atoms with Crippen molar-refractivity contribution in [3.05, 3.63) is 0 Å². The zero-order valence-electron chi connectivity index (χ0n) is 8.39. The standard InChI is InChI=1S/C8H22OSi2/c1-7(2)5-10-9-11-6-8(3)4/h7-8H,5-6,10-11H2,1-4H3. The molecule has 0 heterocycles. The summed E-state index contributed by atoms with van der Waals surface area (Å²) in [5.74, 6) is 1.71. The van der Waals surface area contributed by atoms with Gasteiger partial charge in [0.25, 0.3) is 0 Å². The summed E-state index contributed by atoms with van der Waals surface area (Å²) >= 11 is 0. The molecule has 0 aliphatic carbocycles. The van der Waals surface area contributed by atoms with Crippen LogP contribution in [0, 0.1) is 11.8 Å². The van der Waals surface area contributed by atoms with Crippen LogP contribution in [0.1, 0.15) is 27.7 Å². The maximum atomic E-state index is 5.73. The lowest BCUT2D eigenvalue weighted by molar-refractivity contribution is 0.587. The normalized spacial score (nSPS) is 13.6. The van der Waals surface area contributed by atoms with Crippen LogP contribution >= 0.6 is 0 Å². The molecular formula is C8H22OSi2. The van der Waals surface area contributed by atoms with Gasteiger partial charge in [0.1, 0.15) is 19.5 Å². The Balaban J connectivity index is 2.91. The van der Waals surface area contributed by atoms with Crippen molar-refractivity contribution in [3.8, 4) is 0 Å². The maximum Gasteiger partial charge on any atom is 0.146 e. The van der Waals surface area contributed by atoms with Crippen molar-refractivity contribution in [2.45, 2.75) is 39.8 Å². The lowest BCUT2D eigenvalue weighted by atomic mass is 10.3. The Morgan fingerprint density at radius 2 is 1.27 bits per heavy atom. The van der Waals surface area contributed by atoms with E-state index in [4.69, 9.17) is 4.12 Å². The van der Waals surface area contributed by atoms with Crippen LogP contribution in [-0.2, 0) is 4.12 Å². The molecule has 1 nitrogen and oxygen atoms in total. The third kappa shape index (κ3) is 10.4. The molecule has 11 heavy (non-hydrogen) atoms. The number of hydrogen-bond donors (Lipinski definition) is 0. The van der Waals surface area contributed by atoms with Gasteiger partial charge in [-0.3, -0.25) is 0 Å². The summed E-state index contributed by atoms with van der Waals surface area (Å²) in [5, 5.41) is 0. The largest absolute Gasteiger partial charge is 0.465 e. The highest BCUT2D eigenvalue weighted by atomic mass is 28.3. The highest BCUT2D eigenvalue weighted by Crippen LogP contribution is 2.01. The van der Waals surface area contributed by atoms with Crippen LogP contribution in [-0.4, -0.2) is 19.5 Å². The van der Waals surface area contributed by atoms with Gasteiger partial charge in [-0.15, -0.1) is 0 Å². The van der Waals surface area contributed by atoms with Crippen LogP contribution in [0.3, 0.4) is 0 Å². The number of hydrogen-bond acceptors (Lipinski definition) is 1. The monoisotopic (exact) mass is 190 g/mol. The Bertz CT molecular complexity index is 74.2. The van der Waals surface area contributed by atoms with E-state index in [1.807, 2.05) is 0 Å². The highest BCUT2D eigenvalue weighted by molar-refractivity contribution is 6.42. The Hall–Kier alpha value is 0.394. The van der Waals surface area contributed by atoms with Crippen molar-refractivity contribution in [3.63, 3.8) is 0 Å². The molecule has 0 aliphatic rings. The molecule has 0 N–H and O–H groups in total. The van der Waals surface area contributed by atoms with Crippen molar-refractivity contribution in [2.24, 2.45) is 11.8 Å². The van der Waals surface area contributed by atoms with Crippen LogP contribution in [0.4, 0.5) is 0 Å². The summed E-state index contributed by atoms with van der Waals surface area (Å²) in [6.07, 6.45) is 0. The molecule has 0 aromatic rings. The van der Waals surface area contributed by atoms with Gasteiger partial charge in [0.2, 0.25) is 0 Å². The van der Waals surface area contributed by atoms with Gasteiger partial charge in [-0.2, -0.15) is 0 Å². The Kier molecular flexibility index (Phi) is 7.32. The van der Waals surface area contributed by atoms with E-state index in [1.165, 1.54) is 12.1 Å². The molecule has 0 rings (SSSR count). The first-order valence-corrected chi connectivity index (χ1v) is 7.86. The van der Waals surface area contributed by atoms with E-state index in [-0.39, 0.29) is 19.5 Å². The Morgan fingerprint density at radius 3 is 1.55 bits per heavy atom. The van der Waals surface area contributed by atoms with E-state index < -0.39 is 0 Å². The van der Waals surface area contributed by atoms with Gasteiger partial charge in [-0.1, -0.05) is 27.7 Å². The minimum absolute atomic E-state index is 0.117. The summed E-state index contributed by atoms with van der Waals surface area (Å²) in [6.45, 7) is 9.11. The van der Waals surface area contributed by atoms with Gasteiger partial charge >= 0.3 is 0 Å². The lowest BCUT2D eigenvalue weighted by Crippen LogP contribution is -2.07. The Morgan fingerprint density at radius 1 is 0.909 bits per heavy atom. The summed E-state index contributed by atoms with van der Waals surface area (Å²) in [4.78, 5) is 0. The molecule has 0 aliphatic heterocycles. The molecule has 3 heteroatoms. The van der Waals surface area contributed by atoms with Gasteiger partial charge in [0.05, 0.1) is 0 Å². The SMILES string of the molecule is CC(C)C[SiH2]O[SiH2]CC(C)C. The van der Waals surface area contributed by atoms with Crippen LogP contribution in [0.15, 0.2) is 0 Å². The molecule has 68 valence electrons.